The van der Waals surface area contributed by atoms with Crippen LogP contribution in [0.4, 0.5) is 0 Å². The van der Waals surface area contributed by atoms with Crippen LogP contribution in [0.3, 0.4) is 0 Å². The molecule has 0 amide bonds. The fraction of sp³-hybridized carbons (Fsp3) is 1.00. The Morgan fingerprint density at radius 2 is 2.15 bits per heavy atom. The highest BCUT2D eigenvalue weighted by Crippen LogP contribution is 2.36. The molecule has 1 aliphatic carbocycles. The van der Waals surface area contributed by atoms with Crippen LogP contribution in [0.5, 0.6) is 0 Å². The minimum absolute atomic E-state index is 0.482. The van der Waals surface area contributed by atoms with E-state index in [1.807, 2.05) is 0 Å². The Balaban J connectivity index is 2.09. The summed E-state index contributed by atoms with van der Waals surface area (Å²) in [6.07, 6.45) is 9.41. The van der Waals surface area contributed by atoms with Gasteiger partial charge in [0, 0.05) is 0 Å². The molecule has 1 fully saturated rings. The van der Waals surface area contributed by atoms with Gasteiger partial charge in [0.05, 0.1) is 7.85 Å². The number of unbranched alkanes of at least 4 members (excludes halogenated alkanes) is 1. The Hall–Kier alpha value is 0.0649. The Kier molecular flexibility index (Phi) is 4.91. The number of hydrogen-bond donors (Lipinski definition) is 0. The summed E-state index contributed by atoms with van der Waals surface area (Å²) in [6.45, 7) is 4.61. The van der Waals surface area contributed by atoms with Gasteiger partial charge in [0.25, 0.3) is 0 Å². The maximum Gasteiger partial charge on any atom is 0.0699 e. The van der Waals surface area contributed by atoms with Crippen molar-refractivity contribution in [1.82, 2.24) is 0 Å². The van der Waals surface area contributed by atoms with Crippen LogP contribution in [0.25, 0.3) is 0 Å². The van der Waals surface area contributed by atoms with Crippen LogP contribution in [0.15, 0.2) is 0 Å². The van der Waals surface area contributed by atoms with E-state index < -0.39 is 0 Å². The number of hydrogen-bond acceptors (Lipinski definition) is 0. The highest BCUT2D eigenvalue weighted by Gasteiger charge is 2.22. The van der Waals surface area contributed by atoms with E-state index in [-0.39, 0.29) is 0 Å². The van der Waals surface area contributed by atoms with E-state index in [4.69, 9.17) is 7.85 Å². The average Bonchev–Trinajstić information content (AvgIpc) is 2.48. The van der Waals surface area contributed by atoms with E-state index >= 15 is 0 Å². The minimum Gasteiger partial charge on any atom is -0.0771 e. The van der Waals surface area contributed by atoms with Crippen molar-refractivity contribution in [3.05, 3.63) is 0 Å². The van der Waals surface area contributed by atoms with Gasteiger partial charge in [-0.25, -0.2) is 0 Å². The molecule has 0 aromatic carbocycles. The fourth-order valence-corrected chi connectivity index (χ4v) is 2.55. The monoisotopic (exact) mass is 178 g/mol. The lowest BCUT2D eigenvalue weighted by Crippen LogP contribution is -2.01. The van der Waals surface area contributed by atoms with Gasteiger partial charge in [-0.15, -0.1) is 0 Å². The first-order chi connectivity index (χ1) is 6.22. The first kappa shape index (κ1) is 11.1. The quantitative estimate of drug-likeness (QED) is 0.559. The van der Waals surface area contributed by atoms with Gasteiger partial charge in [-0.3, -0.25) is 0 Å². The normalized spacial score (nSPS) is 30.6. The second-order valence-corrected chi connectivity index (χ2v) is 4.92. The molecule has 0 spiro atoms. The van der Waals surface area contributed by atoms with Crippen LogP contribution in [0.2, 0.25) is 5.82 Å². The first-order valence-electron chi connectivity index (χ1n) is 5.98. The second kappa shape index (κ2) is 5.72. The molecule has 1 aliphatic rings. The molecule has 13 heavy (non-hydrogen) atoms. The summed E-state index contributed by atoms with van der Waals surface area (Å²) >= 11 is 0. The summed E-state index contributed by atoms with van der Waals surface area (Å²) in [6, 6.07) is 0. The second-order valence-electron chi connectivity index (χ2n) is 4.92. The molecule has 0 nitrogen and oxygen atoms in total. The lowest BCUT2D eigenvalue weighted by Gasteiger charge is -2.16. The SMILES string of the molecule is [B][C@H](CCCC)CC1CC[C@@H](C)C1. The van der Waals surface area contributed by atoms with E-state index in [0.717, 1.165) is 11.8 Å². The summed E-state index contributed by atoms with van der Waals surface area (Å²) in [4.78, 5) is 0. The molecule has 74 valence electrons. The van der Waals surface area contributed by atoms with Gasteiger partial charge in [-0.05, 0) is 18.3 Å². The predicted molar refractivity (Wildman–Crippen MR) is 60.2 cm³/mol. The van der Waals surface area contributed by atoms with E-state index in [2.05, 4.69) is 13.8 Å². The van der Waals surface area contributed by atoms with Crippen molar-refractivity contribution in [2.45, 2.75) is 64.6 Å². The standard InChI is InChI=1S/C12H23B/c1-3-4-5-12(13)9-11-7-6-10(2)8-11/h10-12H,3-9H2,1-2H3/t10-,11?,12-/m1/s1. The van der Waals surface area contributed by atoms with Crippen molar-refractivity contribution in [1.29, 1.82) is 0 Å². The molecule has 0 aromatic rings. The van der Waals surface area contributed by atoms with E-state index in [1.54, 1.807) is 0 Å². The minimum atomic E-state index is 0.482. The summed E-state index contributed by atoms with van der Waals surface area (Å²) in [7, 11) is 6.09. The van der Waals surface area contributed by atoms with E-state index in [9.17, 15) is 0 Å². The molecule has 2 radical (unpaired) electrons. The number of rotatable bonds is 5. The van der Waals surface area contributed by atoms with Crippen molar-refractivity contribution < 1.29 is 0 Å². The molecule has 0 aromatic heterocycles. The van der Waals surface area contributed by atoms with Crippen LogP contribution in [0, 0.1) is 11.8 Å². The lowest BCUT2D eigenvalue weighted by molar-refractivity contribution is 0.451. The summed E-state index contributed by atoms with van der Waals surface area (Å²) in [5, 5.41) is 0. The van der Waals surface area contributed by atoms with Crippen LogP contribution >= 0.6 is 0 Å². The lowest BCUT2D eigenvalue weighted by atomic mass is 9.76. The molecule has 1 heteroatoms. The van der Waals surface area contributed by atoms with Gasteiger partial charge in [0.15, 0.2) is 0 Å². The third kappa shape index (κ3) is 4.20. The molecule has 1 saturated carbocycles. The van der Waals surface area contributed by atoms with Crippen molar-refractivity contribution in [3.8, 4) is 0 Å². The molecular weight excluding hydrogens is 155 g/mol. The van der Waals surface area contributed by atoms with Gasteiger partial charge in [0.1, 0.15) is 0 Å². The van der Waals surface area contributed by atoms with Gasteiger partial charge >= 0.3 is 0 Å². The first-order valence-corrected chi connectivity index (χ1v) is 5.98. The zero-order valence-electron chi connectivity index (χ0n) is 9.26. The van der Waals surface area contributed by atoms with E-state index in [0.29, 0.717) is 5.82 Å². The third-order valence-electron chi connectivity index (χ3n) is 3.37. The summed E-state index contributed by atoms with van der Waals surface area (Å²) in [5.41, 5.74) is 0. The van der Waals surface area contributed by atoms with Crippen molar-refractivity contribution >= 4 is 7.85 Å². The van der Waals surface area contributed by atoms with E-state index in [1.165, 1.54) is 44.9 Å². The van der Waals surface area contributed by atoms with Crippen LogP contribution in [-0.2, 0) is 0 Å². The van der Waals surface area contributed by atoms with Gasteiger partial charge in [0.2, 0.25) is 0 Å². The molecule has 3 atom stereocenters. The fourth-order valence-electron chi connectivity index (χ4n) is 2.55. The van der Waals surface area contributed by atoms with Crippen LogP contribution in [0.1, 0.15) is 58.8 Å². The van der Waals surface area contributed by atoms with Crippen molar-refractivity contribution in [2.24, 2.45) is 11.8 Å². The third-order valence-corrected chi connectivity index (χ3v) is 3.37. The molecular formula is C12H23B. The Morgan fingerprint density at radius 1 is 1.38 bits per heavy atom. The molecule has 0 N–H and O–H groups in total. The summed E-state index contributed by atoms with van der Waals surface area (Å²) in [5.74, 6) is 2.39. The highest BCUT2D eigenvalue weighted by molar-refractivity contribution is 6.11. The Labute approximate surface area is 84.9 Å². The highest BCUT2D eigenvalue weighted by atomic mass is 14.3. The maximum absolute atomic E-state index is 6.09. The predicted octanol–water partition coefficient (Wildman–Crippen LogP) is 3.96. The Morgan fingerprint density at radius 3 is 2.69 bits per heavy atom. The van der Waals surface area contributed by atoms with Crippen molar-refractivity contribution in [2.75, 3.05) is 0 Å². The van der Waals surface area contributed by atoms with Gasteiger partial charge in [-0.2, -0.15) is 0 Å². The molecule has 0 bridgehead atoms. The molecule has 0 heterocycles. The van der Waals surface area contributed by atoms with Crippen molar-refractivity contribution in [3.63, 3.8) is 0 Å². The molecule has 0 saturated heterocycles. The average molecular weight is 178 g/mol. The largest absolute Gasteiger partial charge is 0.0771 e. The summed E-state index contributed by atoms with van der Waals surface area (Å²) < 4.78 is 0. The Bertz CT molecular complexity index is 133. The topological polar surface area (TPSA) is 0 Å². The molecule has 1 rings (SSSR count). The molecule has 1 unspecified atom stereocenters. The zero-order chi connectivity index (χ0) is 9.68. The maximum atomic E-state index is 6.09. The smallest absolute Gasteiger partial charge is 0.0699 e. The van der Waals surface area contributed by atoms with Crippen LogP contribution < -0.4 is 0 Å². The molecule has 0 aliphatic heterocycles. The van der Waals surface area contributed by atoms with Gasteiger partial charge < -0.3 is 0 Å². The zero-order valence-corrected chi connectivity index (χ0v) is 9.26. The van der Waals surface area contributed by atoms with Crippen LogP contribution in [-0.4, -0.2) is 7.85 Å². The van der Waals surface area contributed by atoms with Gasteiger partial charge in [-0.1, -0.05) is 58.2 Å².